The minimum Gasteiger partial charge on any atom is -0.462 e. The van der Waals surface area contributed by atoms with E-state index >= 15 is 0 Å². The summed E-state index contributed by atoms with van der Waals surface area (Å²) in [7, 11) is -4.40. The molecule has 0 spiro atoms. The minimum absolute atomic E-state index is 0.0388. The van der Waals surface area contributed by atoms with E-state index in [1.807, 2.05) is 12.2 Å². The molecule has 9 nitrogen and oxygen atoms in total. The average molecular weight is 766 g/mol. The summed E-state index contributed by atoms with van der Waals surface area (Å²) < 4.78 is 32.6. The van der Waals surface area contributed by atoms with Crippen LogP contribution in [0.25, 0.3) is 0 Å². The van der Waals surface area contributed by atoms with Crippen LogP contribution < -0.4 is 5.73 Å². The average Bonchev–Trinajstić information content (AvgIpc) is 3.14. The maximum absolute atomic E-state index is 12.5. The van der Waals surface area contributed by atoms with E-state index in [1.54, 1.807) is 0 Å². The Balaban J connectivity index is 4.33. The van der Waals surface area contributed by atoms with Gasteiger partial charge in [-0.2, -0.15) is 0 Å². The van der Waals surface area contributed by atoms with Crippen LogP contribution in [-0.2, 0) is 32.7 Å². The number of ether oxygens (including phenoxy) is 2. The van der Waals surface area contributed by atoms with E-state index in [0.29, 0.717) is 19.3 Å². The Morgan fingerprint density at radius 1 is 0.566 bits per heavy atom. The fourth-order valence-electron chi connectivity index (χ4n) is 5.29. The van der Waals surface area contributed by atoms with E-state index in [0.717, 1.165) is 32.1 Å². The summed E-state index contributed by atoms with van der Waals surface area (Å²) in [6, 6.07) is 0. The van der Waals surface area contributed by atoms with Crippen molar-refractivity contribution in [2.24, 2.45) is 5.73 Å². The molecule has 3 N–H and O–H groups in total. The summed E-state index contributed by atoms with van der Waals surface area (Å²) >= 11 is 0. The topological polar surface area (TPSA) is 134 Å². The fourth-order valence-corrected chi connectivity index (χ4v) is 6.06. The minimum atomic E-state index is -4.40. The molecule has 1 unspecified atom stereocenters. The van der Waals surface area contributed by atoms with Gasteiger partial charge in [-0.1, -0.05) is 152 Å². The van der Waals surface area contributed by atoms with Crippen molar-refractivity contribution in [3.8, 4) is 0 Å². The van der Waals surface area contributed by atoms with Crippen molar-refractivity contribution in [2.45, 2.75) is 174 Å². The molecular weight excluding hydrogens is 689 g/mol. The molecule has 0 aromatic carbocycles. The fraction of sp³-hybridized carbons (Fsp3) is 0.721. The van der Waals surface area contributed by atoms with E-state index in [2.05, 4.69) is 62.5 Å². The van der Waals surface area contributed by atoms with Crippen LogP contribution in [0.15, 0.2) is 60.8 Å². The number of carbonyl (C=O) groups excluding carboxylic acids is 2. The van der Waals surface area contributed by atoms with Crippen molar-refractivity contribution >= 4 is 19.8 Å². The van der Waals surface area contributed by atoms with Gasteiger partial charge in [-0.05, 0) is 64.2 Å². The lowest BCUT2D eigenvalue weighted by atomic mass is 10.1. The van der Waals surface area contributed by atoms with Gasteiger partial charge in [-0.25, -0.2) is 4.57 Å². The SMILES string of the molecule is CCCCC/C=C/C/C=C/C/C=C/C/C=C/CCCC(=O)O[C@H](COC(=O)CC/C=C/CCCCCCCCCCCCC)COP(=O)(O)OCCN. The van der Waals surface area contributed by atoms with Gasteiger partial charge in [0, 0.05) is 19.4 Å². The molecule has 0 aliphatic rings. The van der Waals surface area contributed by atoms with Crippen LogP contribution in [0.2, 0.25) is 0 Å². The first-order valence-corrected chi connectivity index (χ1v) is 22.3. The normalized spacial score (nSPS) is 14.0. The molecule has 0 aliphatic heterocycles. The van der Waals surface area contributed by atoms with Crippen LogP contribution in [0.5, 0.6) is 0 Å². The van der Waals surface area contributed by atoms with Gasteiger partial charge in [0.15, 0.2) is 6.10 Å². The lowest BCUT2D eigenvalue weighted by molar-refractivity contribution is -0.161. The van der Waals surface area contributed by atoms with Crippen LogP contribution in [-0.4, -0.2) is 49.3 Å². The van der Waals surface area contributed by atoms with Crippen LogP contribution in [0, 0.1) is 0 Å². The van der Waals surface area contributed by atoms with E-state index < -0.39 is 32.5 Å². The van der Waals surface area contributed by atoms with Crippen LogP contribution in [0.3, 0.4) is 0 Å². The standard InChI is InChI=1S/C43H76NO8P/c1-3-5-7-9-11-13-15-17-19-20-22-24-26-28-30-32-34-36-43(46)52-41(40-51-53(47,48)50-38-37-44)39-49-42(45)35-33-31-29-27-25-23-21-18-16-14-12-10-8-6-4-2/h11,13,17,19,22,24,28-31,41H,3-10,12,14-16,18,20-21,23,25-27,32-40,44H2,1-2H3,(H,47,48)/b13-11+,19-17+,24-22+,30-28+,31-29+/t41-/m1/s1. The van der Waals surface area contributed by atoms with Crippen LogP contribution in [0.4, 0.5) is 0 Å². The maximum atomic E-state index is 12.5. The molecule has 0 amide bonds. The highest BCUT2D eigenvalue weighted by Gasteiger charge is 2.25. The molecule has 53 heavy (non-hydrogen) atoms. The predicted octanol–water partition coefficient (Wildman–Crippen LogP) is 11.7. The molecule has 0 bridgehead atoms. The van der Waals surface area contributed by atoms with Crippen LogP contribution >= 0.6 is 7.82 Å². The summed E-state index contributed by atoms with van der Waals surface area (Å²) in [4.78, 5) is 34.7. The summed E-state index contributed by atoms with van der Waals surface area (Å²) in [5, 5.41) is 0. The number of esters is 2. The second-order valence-electron chi connectivity index (χ2n) is 13.5. The molecule has 0 radical (unpaired) electrons. The monoisotopic (exact) mass is 766 g/mol. The van der Waals surface area contributed by atoms with Gasteiger partial charge in [0.1, 0.15) is 6.61 Å². The lowest BCUT2D eigenvalue weighted by Crippen LogP contribution is -2.29. The second-order valence-corrected chi connectivity index (χ2v) is 14.9. The van der Waals surface area contributed by atoms with E-state index in [9.17, 15) is 19.0 Å². The van der Waals surface area contributed by atoms with Crippen molar-refractivity contribution in [3.63, 3.8) is 0 Å². The molecule has 0 rings (SSSR count). The number of hydrogen-bond acceptors (Lipinski definition) is 8. The highest BCUT2D eigenvalue weighted by Crippen LogP contribution is 2.43. The molecule has 2 atom stereocenters. The molecule has 0 fully saturated rings. The Morgan fingerprint density at radius 3 is 1.58 bits per heavy atom. The number of unbranched alkanes of at least 4 members (excludes halogenated alkanes) is 15. The molecule has 0 aliphatic carbocycles. The summed E-state index contributed by atoms with van der Waals surface area (Å²) in [5.74, 6) is -0.955. The van der Waals surface area contributed by atoms with Gasteiger partial charge in [0.2, 0.25) is 0 Å². The highest BCUT2D eigenvalue weighted by molar-refractivity contribution is 7.47. The Morgan fingerprint density at radius 2 is 1.02 bits per heavy atom. The molecule has 306 valence electrons. The van der Waals surface area contributed by atoms with Gasteiger partial charge in [0.25, 0.3) is 0 Å². The zero-order valence-electron chi connectivity index (χ0n) is 33.5. The Labute approximate surface area is 323 Å². The first kappa shape index (κ1) is 50.7. The molecule has 10 heteroatoms. The van der Waals surface area contributed by atoms with Crippen molar-refractivity contribution in [1.29, 1.82) is 0 Å². The van der Waals surface area contributed by atoms with Gasteiger partial charge in [0.05, 0.1) is 13.2 Å². The van der Waals surface area contributed by atoms with Crippen molar-refractivity contribution < 1.29 is 37.6 Å². The van der Waals surface area contributed by atoms with Crippen molar-refractivity contribution in [1.82, 2.24) is 0 Å². The number of hydrogen-bond donors (Lipinski definition) is 2. The van der Waals surface area contributed by atoms with E-state index in [1.165, 1.54) is 89.9 Å². The third-order valence-electron chi connectivity index (χ3n) is 8.39. The maximum Gasteiger partial charge on any atom is 0.472 e. The third kappa shape index (κ3) is 39.2. The van der Waals surface area contributed by atoms with Crippen LogP contribution in [0.1, 0.15) is 168 Å². The van der Waals surface area contributed by atoms with Crippen molar-refractivity contribution in [2.75, 3.05) is 26.4 Å². The smallest absolute Gasteiger partial charge is 0.462 e. The number of rotatable bonds is 38. The number of nitrogens with two attached hydrogens (primary N) is 1. The second kappa shape index (κ2) is 39.4. The summed E-state index contributed by atoms with van der Waals surface area (Å²) in [6.07, 6.45) is 45.6. The molecule has 0 aromatic rings. The molecule has 0 heterocycles. The molecule has 0 saturated carbocycles. The third-order valence-corrected chi connectivity index (χ3v) is 9.37. The molecular formula is C43H76NO8P. The number of allylic oxidation sites excluding steroid dienone is 10. The Hall–Kier alpha value is -2.29. The lowest BCUT2D eigenvalue weighted by Gasteiger charge is -2.19. The van der Waals surface area contributed by atoms with Gasteiger partial charge in [-0.3, -0.25) is 18.6 Å². The summed E-state index contributed by atoms with van der Waals surface area (Å²) in [5.41, 5.74) is 5.33. The van der Waals surface area contributed by atoms with Gasteiger partial charge < -0.3 is 20.1 Å². The first-order valence-electron chi connectivity index (χ1n) is 20.8. The predicted molar refractivity (Wildman–Crippen MR) is 219 cm³/mol. The number of phosphoric ester groups is 1. The zero-order valence-corrected chi connectivity index (χ0v) is 34.4. The van der Waals surface area contributed by atoms with Gasteiger partial charge in [-0.15, -0.1) is 0 Å². The summed E-state index contributed by atoms with van der Waals surface area (Å²) in [6.45, 7) is 3.59. The zero-order chi connectivity index (χ0) is 38.9. The quantitative estimate of drug-likeness (QED) is 0.0272. The Bertz CT molecular complexity index is 1050. The highest BCUT2D eigenvalue weighted by atomic mass is 31.2. The van der Waals surface area contributed by atoms with Gasteiger partial charge >= 0.3 is 19.8 Å². The molecule has 0 aromatic heterocycles. The first-order chi connectivity index (χ1) is 25.8. The number of phosphoric acid groups is 1. The number of carbonyl (C=O) groups is 2. The molecule has 0 saturated heterocycles. The van der Waals surface area contributed by atoms with E-state index in [4.69, 9.17) is 24.3 Å². The largest absolute Gasteiger partial charge is 0.472 e. The van der Waals surface area contributed by atoms with E-state index in [-0.39, 0.29) is 32.6 Å². The van der Waals surface area contributed by atoms with Crippen molar-refractivity contribution in [3.05, 3.63) is 60.8 Å². The Kier molecular flexibility index (Phi) is 37.7.